The number of carbonyl (C=O) groups is 1. The fraction of sp³-hybridized carbons (Fsp3) is 0.444. The van der Waals surface area contributed by atoms with Crippen LogP contribution in [0.1, 0.15) is 62.0 Å². The number of fused-ring (bicyclic) bond motifs is 2. The van der Waals surface area contributed by atoms with Gasteiger partial charge in [-0.15, -0.1) is 0 Å². The summed E-state index contributed by atoms with van der Waals surface area (Å²) >= 11 is 0. The number of hydrogen-bond acceptors (Lipinski definition) is 2. The molecule has 31 heavy (non-hydrogen) atoms. The van der Waals surface area contributed by atoms with Gasteiger partial charge in [0.2, 0.25) is 5.91 Å². The summed E-state index contributed by atoms with van der Waals surface area (Å²) in [6.07, 6.45) is 11.2. The summed E-state index contributed by atoms with van der Waals surface area (Å²) in [5.41, 5.74) is 4.80. The van der Waals surface area contributed by atoms with Gasteiger partial charge in [0.25, 0.3) is 0 Å². The average molecular weight is 416 g/mol. The number of anilines is 1. The first-order chi connectivity index (χ1) is 15.3. The first-order valence-corrected chi connectivity index (χ1v) is 11.9. The first-order valence-electron chi connectivity index (χ1n) is 11.9. The van der Waals surface area contributed by atoms with E-state index in [1.807, 2.05) is 12.1 Å². The predicted molar refractivity (Wildman–Crippen MR) is 127 cm³/mol. The van der Waals surface area contributed by atoms with E-state index >= 15 is 0 Å². The van der Waals surface area contributed by atoms with Crippen molar-refractivity contribution in [3.8, 4) is 0 Å². The molecule has 3 aromatic rings. The molecule has 4 heteroatoms. The molecular formula is C27H33N3O. The van der Waals surface area contributed by atoms with E-state index in [4.69, 9.17) is 0 Å². The Morgan fingerprint density at radius 2 is 1.97 bits per heavy atom. The lowest BCUT2D eigenvalue weighted by molar-refractivity contribution is -0.116. The minimum Gasteiger partial charge on any atom is -0.361 e. The van der Waals surface area contributed by atoms with Crippen molar-refractivity contribution in [2.24, 2.45) is 0 Å². The topological polar surface area (TPSA) is 48.1 Å². The maximum atomic E-state index is 12.5. The highest BCUT2D eigenvalue weighted by Crippen LogP contribution is 2.38. The second-order valence-corrected chi connectivity index (χ2v) is 9.30. The number of nitrogens with zero attached hydrogens (tertiary/aromatic N) is 1. The van der Waals surface area contributed by atoms with Crippen molar-refractivity contribution < 1.29 is 4.79 Å². The highest BCUT2D eigenvalue weighted by Gasteiger charge is 2.31. The number of benzene rings is 2. The Balaban J connectivity index is 1.23. The summed E-state index contributed by atoms with van der Waals surface area (Å²) in [5, 5.41) is 4.40. The van der Waals surface area contributed by atoms with E-state index in [-0.39, 0.29) is 5.91 Å². The maximum absolute atomic E-state index is 12.5. The molecule has 2 saturated heterocycles. The second kappa shape index (κ2) is 9.27. The first kappa shape index (κ1) is 20.3. The molecule has 162 valence electrons. The van der Waals surface area contributed by atoms with Gasteiger partial charge >= 0.3 is 0 Å². The summed E-state index contributed by atoms with van der Waals surface area (Å²) in [4.78, 5) is 18.7. The van der Waals surface area contributed by atoms with Crippen LogP contribution in [0.15, 0.2) is 54.7 Å². The van der Waals surface area contributed by atoms with Crippen molar-refractivity contribution in [2.45, 2.75) is 63.3 Å². The summed E-state index contributed by atoms with van der Waals surface area (Å²) in [6, 6.07) is 17.4. The number of amides is 1. The van der Waals surface area contributed by atoms with Crippen LogP contribution in [0.5, 0.6) is 0 Å². The van der Waals surface area contributed by atoms with Gasteiger partial charge < -0.3 is 15.2 Å². The summed E-state index contributed by atoms with van der Waals surface area (Å²) in [7, 11) is 0. The van der Waals surface area contributed by atoms with Gasteiger partial charge in [0, 0.05) is 35.2 Å². The van der Waals surface area contributed by atoms with Crippen LogP contribution in [-0.2, 0) is 11.2 Å². The largest absolute Gasteiger partial charge is 0.361 e. The molecule has 0 bridgehead atoms. The zero-order valence-electron chi connectivity index (χ0n) is 18.3. The van der Waals surface area contributed by atoms with Gasteiger partial charge in [0.05, 0.1) is 0 Å². The van der Waals surface area contributed by atoms with Gasteiger partial charge in [-0.05, 0) is 86.9 Å². The normalized spacial score (nSPS) is 21.7. The van der Waals surface area contributed by atoms with Crippen molar-refractivity contribution in [3.63, 3.8) is 0 Å². The smallest absolute Gasteiger partial charge is 0.224 e. The number of nitrogens with one attached hydrogen (secondary N) is 2. The molecule has 1 aromatic heterocycles. The zero-order valence-corrected chi connectivity index (χ0v) is 18.3. The molecule has 0 spiro atoms. The molecule has 0 saturated carbocycles. The Bertz CT molecular complexity index is 1030. The maximum Gasteiger partial charge on any atom is 0.224 e. The average Bonchev–Trinajstić information content (AvgIpc) is 3.23. The molecule has 3 heterocycles. The molecular weight excluding hydrogens is 382 g/mol. The Labute approximate surface area is 185 Å². The third-order valence-electron chi connectivity index (χ3n) is 7.22. The van der Waals surface area contributed by atoms with Gasteiger partial charge in [0.15, 0.2) is 0 Å². The van der Waals surface area contributed by atoms with E-state index < -0.39 is 0 Å². The quantitative estimate of drug-likeness (QED) is 0.530. The fourth-order valence-electron chi connectivity index (χ4n) is 5.55. The molecule has 1 amide bonds. The van der Waals surface area contributed by atoms with Gasteiger partial charge in [-0.1, -0.05) is 36.8 Å². The number of carbonyl (C=O) groups excluding carboxylic acids is 1. The number of hydrogen-bond donors (Lipinski definition) is 2. The van der Waals surface area contributed by atoms with Gasteiger partial charge in [-0.3, -0.25) is 4.79 Å². The number of aromatic nitrogens is 1. The third-order valence-corrected chi connectivity index (χ3v) is 7.22. The fourth-order valence-corrected chi connectivity index (χ4v) is 5.55. The number of aromatic amines is 1. The lowest BCUT2D eigenvalue weighted by Crippen LogP contribution is -2.44. The molecule has 5 rings (SSSR count). The molecule has 2 fully saturated rings. The van der Waals surface area contributed by atoms with Crippen LogP contribution < -0.4 is 5.32 Å². The third kappa shape index (κ3) is 4.69. The van der Waals surface area contributed by atoms with Gasteiger partial charge in [-0.25, -0.2) is 0 Å². The van der Waals surface area contributed by atoms with E-state index in [1.54, 1.807) is 0 Å². The van der Waals surface area contributed by atoms with Gasteiger partial charge in [-0.2, -0.15) is 0 Å². The van der Waals surface area contributed by atoms with Crippen LogP contribution in [0.3, 0.4) is 0 Å². The van der Waals surface area contributed by atoms with Crippen LogP contribution in [0, 0.1) is 0 Å². The van der Waals surface area contributed by atoms with E-state index in [1.165, 1.54) is 67.2 Å². The van der Waals surface area contributed by atoms with E-state index in [2.05, 4.69) is 57.8 Å². The van der Waals surface area contributed by atoms with E-state index in [9.17, 15) is 4.79 Å². The number of piperidine rings is 2. The molecule has 0 aliphatic carbocycles. The number of H-pyrrole nitrogens is 1. The minimum absolute atomic E-state index is 0.0999. The Kier molecular flexibility index (Phi) is 6.08. The molecule has 2 N–H and O–H groups in total. The molecule has 2 unspecified atom stereocenters. The van der Waals surface area contributed by atoms with Gasteiger partial charge in [0.1, 0.15) is 0 Å². The number of rotatable bonds is 6. The molecule has 4 nitrogen and oxygen atoms in total. The summed E-state index contributed by atoms with van der Waals surface area (Å²) in [5.74, 6) is 0.716. The Hall–Kier alpha value is -2.59. The van der Waals surface area contributed by atoms with Crippen molar-refractivity contribution in [1.29, 1.82) is 0 Å². The molecule has 2 aliphatic rings. The van der Waals surface area contributed by atoms with Crippen LogP contribution in [0.25, 0.3) is 10.9 Å². The minimum atomic E-state index is 0.0999. The Morgan fingerprint density at radius 1 is 1.06 bits per heavy atom. The highest BCUT2D eigenvalue weighted by atomic mass is 16.1. The zero-order chi connectivity index (χ0) is 21.0. The van der Waals surface area contributed by atoms with Crippen molar-refractivity contribution in [3.05, 3.63) is 65.9 Å². The second-order valence-electron chi connectivity index (χ2n) is 9.30. The van der Waals surface area contributed by atoms with Crippen LogP contribution in [-0.4, -0.2) is 34.9 Å². The van der Waals surface area contributed by atoms with Crippen LogP contribution in [0.4, 0.5) is 5.69 Å². The van der Waals surface area contributed by atoms with Crippen molar-refractivity contribution in [2.75, 3.05) is 18.4 Å². The van der Waals surface area contributed by atoms with Crippen LogP contribution >= 0.6 is 0 Å². The van der Waals surface area contributed by atoms with Crippen molar-refractivity contribution in [1.82, 2.24) is 9.88 Å². The number of aryl methyl sites for hydroxylation is 1. The molecule has 2 aliphatic heterocycles. The molecule has 0 radical (unpaired) electrons. The Morgan fingerprint density at radius 3 is 2.87 bits per heavy atom. The molecule has 2 atom stereocenters. The SMILES string of the molecule is O=C(CCCc1ccccc1)Nc1ccc2[nH]cc(C3CCN4CCCCC4C3)c2c1. The van der Waals surface area contributed by atoms with Crippen molar-refractivity contribution >= 4 is 22.5 Å². The lowest BCUT2D eigenvalue weighted by atomic mass is 9.82. The highest BCUT2D eigenvalue weighted by molar-refractivity contribution is 5.94. The predicted octanol–water partition coefficient (Wildman–Crippen LogP) is 5.86. The standard InChI is InChI=1S/C27H33N3O/c31-27(11-6-9-20-7-2-1-3-8-20)29-22-12-13-26-24(18-22)25(19-28-26)21-14-16-30-15-5-4-10-23(30)17-21/h1-3,7-8,12-13,18-19,21,23,28H,4-6,9-11,14-17H2,(H,29,31). The monoisotopic (exact) mass is 415 g/mol. The van der Waals surface area contributed by atoms with Crippen LogP contribution in [0.2, 0.25) is 0 Å². The van der Waals surface area contributed by atoms with E-state index in [0.717, 1.165) is 24.6 Å². The lowest BCUT2D eigenvalue weighted by Gasteiger charge is -2.42. The van der Waals surface area contributed by atoms with E-state index in [0.29, 0.717) is 12.3 Å². The molecule has 2 aromatic carbocycles. The summed E-state index contributed by atoms with van der Waals surface area (Å²) in [6.45, 7) is 2.51. The summed E-state index contributed by atoms with van der Waals surface area (Å²) < 4.78 is 0.